The normalized spacial score (nSPS) is 16.1. The van der Waals surface area contributed by atoms with E-state index in [1.54, 1.807) is 0 Å². The maximum Gasteiger partial charge on any atom is 0.211 e. The number of nitrogens with zero attached hydrogens (tertiary/aromatic N) is 1. The third kappa shape index (κ3) is 2.27. The van der Waals surface area contributed by atoms with Crippen LogP contribution in [-0.4, -0.2) is 32.7 Å². The van der Waals surface area contributed by atoms with E-state index >= 15 is 0 Å². The van der Waals surface area contributed by atoms with Crippen LogP contribution >= 0.6 is 0 Å². The second-order valence-corrected chi connectivity index (χ2v) is 3.38. The molecule has 1 N–H and O–H groups in total. The molecule has 0 atom stereocenters. The van der Waals surface area contributed by atoms with Gasteiger partial charge in [0.15, 0.2) is 0 Å². The van der Waals surface area contributed by atoms with Crippen LogP contribution in [0, 0.1) is 0 Å². The molecule has 0 saturated carbocycles. The van der Waals surface area contributed by atoms with Crippen LogP contribution in [0.25, 0.3) is 0 Å². The summed E-state index contributed by atoms with van der Waals surface area (Å²) in [7, 11) is 0. The summed E-state index contributed by atoms with van der Waals surface area (Å²) in [6, 6.07) is 7.80. The molecule has 1 saturated heterocycles. The first kappa shape index (κ1) is 9.98. The summed E-state index contributed by atoms with van der Waals surface area (Å²) in [6.07, 6.45) is 0.708. The summed E-state index contributed by atoms with van der Waals surface area (Å²) in [5, 5.41) is 2.71. The van der Waals surface area contributed by atoms with Gasteiger partial charge in [-0.05, 0) is 12.1 Å². The second kappa shape index (κ2) is 4.79. The fourth-order valence-corrected chi connectivity index (χ4v) is 1.74. The molecule has 15 heavy (non-hydrogen) atoms. The number of carbonyl (C=O) groups is 1. The molecule has 0 bridgehead atoms. The van der Waals surface area contributed by atoms with Crippen molar-refractivity contribution in [2.24, 2.45) is 0 Å². The molecule has 0 spiro atoms. The highest BCUT2D eigenvalue weighted by atomic mass is 16.5. The van der Waals surface area contributed by atoms with Gasteiger partial charge in [0.1, 0.15) is 0 Å². The highest BCUT2D eigenvalue weighted by molar-refractivity contribution is 5.81. The summed E-state index contributed by atoms with van der Waals surface area (Å²) >= 11 is 0. The SMILES string of the molecule is O=CNc1ccccc1N1CCOCC1. The van der Waals surface area contributed by atoms with Gasteiger partial charge in [0.25, 0.3) is 0 Å². The minimum Gasteiger partial charge on any atom is -0.378 e. The Kier molecular flexibility index (Phi) is 3.19. The molecule has 1 aliphatic heterocycles. The Morgan fingerprint density at radius 3 is 2.73 bits per heavy atom. The zero-order chi connectivity index (χ0) is 10.5. The van der Waals surface area contributed by atoms with Crippen molar-refractivity contribution in [1.82, 2.24) is 0 Å². The number of morpholine rings is 1. The van der Waals surface area contributed by atoms with Crippen molar-refractivity contribution < 1.29 is 9.53 Å². The molecule has 1 amide bonds. The summed E-state index contributed by atoms with van der Waals surface area (Å²) in [4.78, 5) is 12.7. The van der Waals surface area contributed by atoms with Crippen molar-refractivity contribution >= 4 is 17.8 Å². The van der Waals surface area contributed by atoms with E-state index < -0.39 is 0 Å². The van der Waals surface area contributed by atoms with Crippen LogP contribution in [0.15, 0.2) is 24.3 Å². The van der Waals surface area contributed by atoms with Gasteiger partial charge in [0.2, 0.25) is 6.41 Å². The molecular weight excluding hydrogens is 192 g/mol. The standard InChI is InChI=1S/C11H14N2O2/c14-9-12-10-3-1-2-4-11(10)13-5-7-15-8-6-13/h1-4,9H,5-8H2,(H,12,14). The van der Waals surface area contributed by atoms with Crippen LogP contribution < -0.4 is 10.2 Å². The largest absolute Gasteiger partial charge is 0.378 e. The number of ether oxygens (including phenoxy) is 1. The molecule has 0 aromatic heterocycles. The summed E-state index contributed by atoms with van der Waals surface area (Å²) in [6.45, 7) is 3.24. The van der Waals surface area contributed by atoms with Crippen molar-refractivity contribution in [3.8, 4) is 0 Å². The number of rotatable bonds is 3. The van der Waals surface area contributed by atoms with Gasteiger partial charge in [0.05, 0.1) is 24.6 Å². The van der Waals surface area contributed by atoms with Crippen LogP contribution in [0.5, 0.6) is 0 Å². The maximum atomic E-state index is 10.5. The fourth-order valence-electron chi connectivity index (χ4n) is 1.74. The van der Waals surface area contributed by atoms with E-state index in [-0.39, 0.29) is 0 Å². The van der Waals surface area contributed by atoms with E-state index in [1.165, 1.54) is 0 Å². The molecule has 0 unspecified atom stereocenters. The van der Waals surface area contributed by atoms with Gasteiger partial charge < -0.3 is 15.0 Å². The van der Waals surface area contributed by atoms with Gasteiger partial charge in [-0.1, -0.05) is 12.1 Å². The zero-order valence-corrected chi connectivity index (χ0v) is 8.48. The van der Waals surface area contributed by atoms with Crippen LogP contribution in [0.3, 0.4) is 0 Å². The third-order valence-corrected chi connectivity index (χ3v) is 2.47. The lowest BCUT2D eigenvalue weighted by Gasteiger charge is -2.30. The molecule has 80 valence electrons. The Labute approximate surface area is 88.8 Å². The highest BCUT2D eigenvalue weighted by Gasteiger charge is 2.13. The van der Waals surface area contributed by atoms with E-state index in [0.717, 1.165) is 37.7 Å². The van der Waals surface area contributed by atoms with E-state index in [9.17, 15) is 4.79 Å². The van der Waals surface area contributed by atoms with Gasteiger partial charge in [-0.3, -0.25) is 4.79 Å². The Bertz CT molecular complexity index is 335. The first-order chi connectivity index (χ1) is 7.42. The van der Waals surface area contributed by atoms with Crippen molar-refractivity contribution in [2.45, 2.75) is 0 Å². The molecule has 0 aliphatic carbocycles. The topological polar surface area (TPSA) is 41.6 Å². The fraction of sp³-hybridized carbons (Fsp3) is 0.364. The molecule has 1 heterocycles. The van der Waals surface area contributed by atoms with Gasteiger partial charge in [-0.15, -0.1) is 0 Å². The lowest BCUT2D eigenvalue weighted by Crippen LogP contribution is -2.36. The molecule has 1 fully saturated rings. The molecule has 1 aromatic carbocycles. The summed E-state index contributed by atoms with van der Waals surface area (Å²) in [5.74, 6) is 0. The van der Waals surface area contributed by atoms with Crippen molar-refractivity contribution in [3.63, 3.8) is 0 Å². The summed E-state index contributed by atoms with van der Waals surface area (Å²) in [5.41, 5.74) is 1.92. The average Bonchev–Trinajstić information content (AvgIpc) is 2.31. The Morgan fingerprint density at radius 1 is 1.27 bits per heavy atom. The lowest BCUT2D eigenvalue weighted by atomic mass is 10.2. The number of carbonyl (C=O) groups excluding carboxylic acids is 1. The number of hydrogen-bond acceptors (Lipinski definition) is 3. The van der Waals surface area contributed by atoms with Crippen LogP contribution in [0.1, 0.15) is 0 Å². The Balaban J connectivity index is 2.20. The third-order valence-electron chi connectivity index (χ3n) is 2.47. The van der Waals surface area contributed by atoms with Crippen molar-refractivity contribution in [2.75, 3.05) is 36.5 Å². The molecule has 4 nitrogen and oxygen atoms in total. The minimum atomic E-state index is 0.708. The number of para-hydroxylation sites is 2. The molecule has 0 radical (unpaired) electrons. The van der Waals surface area contributed by atoms with Gasteiger partial charge in [-0.25, -0.2) is 0 Å². The van der Waals surface area contributed by atoms with Gasteiger partial charge >= 0.3 is 0 Å². The van der Waals surface area contributed by atoms with Crippen LogP contribution in [0.2, 0.25) is 0 Å². The molecule has 1 aromatic rings. The number of anilines is 2. The summed E-state index contributed by atoms with van der Waals surface area (Å²) < 4.78 is 5.29. The minimum absolute atomic E-state index is 0.708. The Hall–Kier alpha value is -1.55. The van der Waals surface area contributed by atoms with Gasteiger partial charge in [-0.2, -0.15) is 0 Å². The first-order valence-electron chi connectivity index (χ1n) is 5.04. The van der Waals surface area contributed by atoms with Crippen LogP contribution in [0.4, 0.5) is 11.4 Å². The zero-order valence-electron chi connectivity index (χ0n) is 8.48. The van der Waals surface area contributed by atoms with Crippen molar-refractivity contribution in [3.05, 3.63) is 24.3 Å². The van der Waals surface area contributed by atoms with E-state index in [1.807, 2.05) is 24.3 Å². The van der Waals surface area contributed by atoms with Crippen LogP contribution in [-0.2, 0) is 9.53 Å². The monoisotopic (exact) mass is 206 g/mol. The number of amides is 1. The average molecular weight is 206 g/mol. The molecule has 4 heteroatoms. The smallest absolute Gasteiger partial charge is 0.211 e. The van der Waals surface area contributed by atoms with E-state index in [0.29, 0.717) is 6.41 Å². The van der Waals surface area contributed by atoms with E-state index in [4.69, 9.17) is 4.74 Å². The predicted molar refractivity (Wildman–Crippen MR) is 59.2 cm³/mol. The first-order valence-corrected chi connectivity index (χ1v) is 5.04. The van der Waals surface area contributed by atoms with Crippen molar-refractivity contribution in [1.29, 1.82) is 0 Å². The molecular formula is C11H14N2O2. The number of hydrogen-bond donors (Lipinski definition) is 1. The molecule has 2 rings (SSSR count). The highest BCUT2D eigenvalue weighted by Crippen LogP contribution is 2.25. The predicted octanol–water partition coefficient (Wildman–Crippen LogP) is 1.09. The lowest BCUT2D eigenvalue weighted by molar-refractivity contribution is -0.105. The molecule has 1 aliphatic rings. The number of benzene rings is 1. The van der Waals surface area contributed by atoms with E-state index in [2.05, 4.69) is 10.2 Å². The maximum absolute atomic E-state index is 10.5. The quantitative estimate of drug-likeness (QED) is 0.753. The van der Waals surface area contributed by atoms with Gasteiger partial charge in [0, 0.05) is 13.1 Å². The number of nitrogens with one attached hydrogen (secondary N) is 1. The Morgan fingerprint density at radius 2 is 2.00 bits per heavy atom. The second-order valence-electron chi connectivity index (χ2n) is 3.38.